The molecule has 0 saturated heterocycles. The number of hydrogen-bond donors (Lipinski definition) is 1. The Hall–Kier alpha value is -2.09. The molecule has 0 bridgehead atoms. The number of anilines is 1. The molecule has 1 amide bonds. The molecule has 1 N–H and O–H groups in total. The first-order valence-corrected chi connectivity index (χ1v) is 9.02. The van der Waals surface area contributed by atoms with Crippen molar-refractivity contribution in [2.75, 3.05) is 19.0 Å². The Morgan fingerprint density at radius 2 is 1.88 bits per heavy atom. The summed E-state index contributed by atoms with van der Waals surface area (Å²) in [6, 6.07) is 4.42. The standard InChI is InChI=1S/C17H15Cl2NO5S/c1-4-25-16(22)12-8(2)13(17(23)24-3)26-15(12)20-14(21)10-6-5-9(18)7-11(10)19/h5-7H,4H2,1-3H3,(H,20,21). The Balaban J connectivity index is 2.45. The minimum atomic E-state index is -0.645. The molecule has 0 spiro atoms. The van der Waals surface area contributed by atoms with Gasteiger partial charge in [0.2, 0.25) is 0 Å². The van der Waals surface area contributed by atoms with Crippen molar-refractivity contribution < 1.29 is 23.9 Å². The van der Waals surface area contributed by atoms with Crippen molar-refractivity contribution in [3.05, 3.63) is 49.8 Å². The van der Waals surface area contributed by atoms with E-state index in [4.69, 9.17) is 32.7 Å². The van der Waals surface area contributed by atoms with Gasteiger partial charge in [-0.3, -0.25) is 4.79 Å². The van der Waals surface area contributed by atoms with E-state index in [-0.39, 0.29) is 32.6 Å². The van der Waals surface area contributed by atoms with Gasteiger partial charge in [0.05, 0.1) is 29.9 Å². The zero-order valence-corrected chi connectivity index (χ0v) is 16.5. The van der Waals surface area contributed by atoms with Crippen molar-refractivity contribution in [2.24, 2.45) is 0 Å². The number of nitrogens with one attached hydrogen (secondary N) is 1. The van der Waals surface area contributed by atoms with Crippen LogP contribution in [0.1, 0.15) is 42.9 Å². The van der Waals surface area contributed by atoms with Crippen LogP contribution in [0.25, 0.3) is 0 Å². The third-order valence-electron chi connectivity index (χ3n) is 3.40. The highest BCUT2D eigenvalue weighted by atomic mass is 35.5. The lowest BCUT2D eigenvalue weighted by Gasteiger charge is -2.08. The number of halogens is 2. The fraction of sp³-hybridized carbons (Fsp3) is 0.235. The van der Waals surface area contributed by atoms with Crippen LogP contribution in [0.4, 0.5) is 5.00 Å². The van der Waals surface area contributed by atoms with Crippen molar-refractivity contribution in [3.8, 4) is 0 Å². The average Bonchev–Trinajstić information content (AvgIpc) is 2.90. The summed E-state index contributed by atoms with van der Waals surface area (Å²) in [5, 5.41) is 3.34. The van der Waals surface area contributed by atoms with Crippen LogP contribution in [0, 0.1) is 6.92 Å². The topological polar surface area (TPSA) is 81.7 Å². The van der Waals surface area contributed by atoms with E-state index in [1.165, 1.54) is 25.3 Å². The van der Waals surface area contributed by atoms with Gasteiger partial charge in [0.15, 0.2) is 0 Å². The molecule has 1 heterocycles. The van der Waals surface area contributed by atoms with Crippen molar-refractivity contribution in [1.82, 2.24) is 0 Å². The number of benzene rings is 1. The average molecular weight is 416 g/mol. The molecule has 1 aromatic heterocycles. The van der Waals surface area contributed by atoms with Crippen LogP contribution in [-0.2, 0) is 9.47 Å². The Labute approximate surface area is 164 Å². The van der Waals surface area contributed by atoms with E-state index in [0.29, 0.717) is 10.6 Å². The van der Waals surface area contributed by atoms with Gasteiger partial charge in [-0.15, -0.1) is 11.3 Å². The minimum Gasteiger partial charge on any atom is -0.465 e. The maximum atomic E-state index is 12.5. The summed E-state index contributed by atoms with van der Waals surface area (Å²) in [7, 11) is 1.23. The first kappa shape index (κ1) is 20.2. The molecule has 0 fully saturated rings. The van der Waals surface area contributed by atoms with Crippen molar-refractivity contribution in [3.63, 3.8) is 0 Å². The number of rotatable bonds is 5. The lowest BCUT2D eigenvalue weighted by Crippen LogP contribution is -2.15. The number of carbonyl (C=O) groups is 3. The molecule has 138 valence electrons. The summed E-state index contributed by atoms with van der Waals surface area (Å²) in [6.07, 6.45) is 0. The van der Waals surface area contributed by atoms with Crippen LogP contribution in [0.3, 0.4) is 0 Å². The number of hydrogen-bond acceptors (Lipinski definition) is 6. The summed E-state index contributed by atoms with van der Waals surface area (Å²) >= 11 is 12.8. The van der Waals surface area contributed by atoms with Gasteiger partial charge < -0.3 is 14.8 Å². The maximum absolute atomic E-state index is 12.5. The van der Waals surface area contributed by atoms with E-state index in [2.05, 4.69) is 5.32 Å². The molecule has 9 heteroatoms. The SMILES string of the molecule is CCOC(=O)c1c(NC(=O)c2ccc(Cl)cc2Cl)sc(C(=O)OC)c1C. The molecule has 0 aliphatic heterocycles. The predicted octanol–water partition coefficient (Wildman–Crippen LogP) is 4.58. The van der Waals surface area contributed by atoms with Gasteiger partial charge in [-0.2, -0.15) is 0 Å². The van der Waals surface area contributed by atoms with E-state index in [1.807, 2.05) is 0 Å². The number of carbonyl (C=O) groups excluding carboxylic acids is 3. The Morgan fingerprint density at radius 1 is 1.19 bits per heavy atom. The van der Waals surface area contributed by atoms with Crippen LogP contribution in [-0.4, -0.2) is 31.6 Å². The summed E-state index contributed by atoms with van der Waals surface area (Å²) in [6.45, 7) is 3.39. The van der Waals surface area contributed by atoms with Crippen LogP contribution in [0.15, 0.2) is 18.2 Å². The highest BCUT2D eigenvalue weighted by molar-refractivity contribution is 7.18. The lowest BCUT2D eigenvalue weighted by molar-refractivity contribution is 0.0527. The summed E-state index contributed by atoms with van der Waals surface area (Å²) in [4.78, 5) is 36.9. The molecule has 0 radical (unpaired) electrons. The van der Waals surface area contributed by atoms with Crippen LogP contribution in [0.2, 0.25) is 10.0 Å². The summed E-state index contributed by atoms with van der Waals surface area (Å²) in [5.74, 6) is -1.80. The lowest BCUT2D eigenvalue weighted by atomic mass is 10.1. The molecule has 0 saturated carbocycles. The predicted molar refractivity (Wildman–Crippen MR) is 101 cm³/mol. The van der Waals surface area contributed by atoms with Crippen LogP contribution >= 0.6 is 34.5 Å². The number of ether oxygens (including phenoxy) is 2. The Kier molecular flexibility index (Phi) is 6.63. The van der Waals surface area contributed by atoms with Gasteiger partial charge in [-0.25, -0.2) is 9.59 Å². The quantitative estimate of drug-likeness (QED) is 0.722. The van der Waals surface area contributed by atoms with E-state index in [0.717, 1.165) is 11.3 Å². The van der Waals surface area contributed by atoms with Crippen LogP contribution < -0.4 is 5.32 Å². The molecular formula is C17H15Cl2NO5S. The molecule has 26 heavy (non-hydrogen) atoms. The number of methoxy groups -OCH3 is 1. The molecule has 0 aliphatic carbocycles. The summed E-state index contributed by atoms with van der Waals surface area (Å²) in [5.41, 5.74) is 0.657. The molecule has 0 aliphatic rings. The molecule has 0 atom stereocenters. The molecule has 2 rings (SSSR count). The number of esters is 2. The van der Waals surface area contributed by atoms with Gasteiger partial charge in [0, 0.05) is 5.02 Å². The molecule has 6 nitrogen and oxygen atoms in total. The molecular weight excluding hydrogens is 401 g/mol. The zero-order valence-electron chi connectivity index (χ0n) is 14.1. The molecule has 0 unspecified atom stereocenters. The highest BCUT2D eigenvalue weighted by Crippen LogP contribution is 2.35. The van der Waals surface area contributed by atoms with Gasteiger partial charge >= 0.3 is 11.9 Å². The van der Waals surface area contributed by atoms with E-state index >= 15 is 0 Å². The number of thiophene rings is 1. The monoisotopic (exact) mass is 415 g/mol. The Morgan fingerprint density at radius 3 is 2.46 bits per heavy atom. The second kappa shape index (κ2) is 8.53. The van der Waals surface area contributed by atoms with Crippen molar-refractivity contribution in [1.29, 1.82) is 0 Å². The van der Waals surface area contributed by atoms with E-state index in [1.54, 1.807) is 13.8 Å². The highest BCUT2D eigenvalue weighted by Gasteiger charge is 2.27. The van der Waals surface area contributed by atoms with Crippen molar-refractivity contribution >= 4 is 57.4 Å². The second-order valence-corrected chi connectivity index (χ2v) is 6.91. The number of amides is 1. The van der Waals surface area contributed by atoms with Crippen molar-refractivity contribution in [2.45, 2.75) is 13.8 Å². The third-order valence-corrected chi connectivity index (χ3v) is 5.14. The molecule has 1 aromatic carbocycles. The fourth-order valence-electron chi connectivity index (χ4n) is 2.18. The third kappa shape index (κ3) is 4.17. The first-order valence-electron chi connectivity index (χ1n) is 7.45. The summed E-state index contributed by atoms with van der Waals surface area (Å²) < 4.78 is 9.74. The maximum Gasteiger partial charge on any atom is 0.348 e. The van der Waals surface area contributed by atoms with E-state index < -0.39 is 17.8 Å². The fourth-order valence-corrected chi connectivity index (χ4v) is 3.78. The Bertz CT molecular complexity index is 878. The van der Waals surface area contributed by atoms with Crippen LogP contribution in [0.5, 0.6) is 0 Å². The largest absolute Gasteiger partial charge is 0.465 e. The minimum absolute atomic E-state index is 0.107. The first-order chi connectivity index (χ1) is 12.3. The van der Waals surface area contributed by atoms with Gasteiger partial charge in [0.1, 0.15) is 9.88 Å². The van der Waals surface area contributed by atoms with Gasteiger partial charge in [-0.05, 0) is 37.6 Å². The second-order valence-electron chi connectivity index (χ2n) is 5.05. The van der Waals surface area contributed by atoms with Gasteiger partial charge in [0.25, 0.3) is 5.91 Å². The van der Waals surface area contributed by atoms with E-state index in [9.17, 15) is 14.4 Å². The molecule has 2 aromatic rings. The van der Waals surface area contributed by atoms with Gasteiger partial charge in [-0.1, -0.05) is 23.2 Å². The zero-order chi connectivity index (χ0) is 19.4. The smallest absolute Gasteiger partial charge is 0.348 e. The normalized spacial score (nSPS) is 10.3.